The Bertz CT molecular complexity index is 685. The van der Waals surface area contributed by atoms with Gasteiger partial charge in [0.1, 0.15) is 5.75 Å². The molecule has 0 aliphatic rings. The first-order valence-corrected chi connectivity index (χ1v) is 7.04. The minimum Gasteiger partial charge on any atom is -0.497 e. The maximum atomic E-state index is 12.0. The first kappa shape index (κ1) is 15.0. The molecular weight excluding hydrogens is 294 g/mol. The molecule has 2 N–H and O–H groups in total. The molecule has 0 saturated carbocycles. The molecule has 0 bridgehead atoms. The van der Waals surface area contributed by atoms with Gasteiger partial charge in [0.05, 0.1) is 13.5 Å². The minimum atomic E-state index is -0.896. The van der Waals surface area contributed by atoms with Crippen LogP contribution in [0.3, 0.4) is 0 Å². The Morgan fingerprint density at radius 2 is 2.05 bits per heavy atom. The quantitative estimate of drug-likeness (QED) is 0.777. The van der Waals surface area contributed by atoms with Crippen LogP contribution in [0.25, 0.3) is 11.3 Å². The lowest BCUT2D eigenvalue weighted by atomic mass is 10.1. The molecule has 1 aromatic carbocycles. The molecular formula is C13H13N3O4S. The highest BCUT2D eigenvalue weighted by Crippen LogP contribution is 2.18. The Labute approximate surface area is 124 Å². The third kappa shape index (κ3) is 4.06. The molecule has 1 heterocycles. The third-order valence-corrected chi connectivity index (χ3v) is 3.46. The van der Waals surface area contributed by atoms with Crippen LogP contribution in [0.15, 0.2) is 34.2 Å². The number of benzene rings is 1. The van der Waals surface area contributed by atoms with Gasteiger partial charge in [0, 0.05) is 11.3 Å². The number of carboxylic acid groups (broad SMARTS) is 1. The number of hydrogen-bond donors (Lipinski definition) is 2. The fourth-order valence-electron chi connectivity index (χ4n) is 1.56. The zero-order valence-corrected chi connectivity index (χ0v) is 12.0. The summed E-state index contributed by atoms with van der Waals surface area (Å²) >= 11 is 1.14. The van der Waals surface area contributed by atoms with Crippen LogP contribution in [0.4, 0.5) is 0 Å². The molecule has 0 radical (unpaired) electrons. The highest BCUT2D eigenvalue weighted by atomic mass is 32.2. The molecule has 8 heteroatoms. The van der Waals surface area contributed by atoms with E-state index in [0.29, 0.717) is 22.2 Å². The summed E-state index contributed by atoms with van der Waals surface area (Å²) in [6.07, 6.45) is -0.00535. The van der Waals surface area contributed by atoms with Gasteiger partial charge >= 0.3 is 5.97 Å². The molecule has 110 valence electrons. The summed E-state index contributed by atoms with van der Waals surface area (Å²) in [7, 11) is 1.56. The Morgan fingerprint density at radius 3 is 2.62 bits per heavy atom. The molecule has 21 heavy (non-hydrogen) atoms. The van der Waals surface area contributed by atoms with Crippen LogP contribution in [0, 0.1) is 0 Å². The number of hydrogen-bond acceptors (Lipinski definition) is 6. The van der Waals surface area contributed by atoms with Crippen molar-refractivity contribution in [2.45, 2.75) is 11.6 Å². The van der Waals surface area contributed by atoms with Gasteiger partial charge in [-0.1, -0.05) is 11.8 Å². The molecule has 2 aromatic rings. The molecule has 1 aromatic heterocycles. The van der Waals surface area contributed by atoms with E-state index in [2.05, 4.69) is 15.2 Å². The number of carboxylic acids is 1. The van der Waals surface area contributed by atoms with Gasteiger partial charge in [0.2, 0.25) is 0 Å². The topological polar surface area (TPSA) is 105 Å². The second kappa shape index (κ2) is 6.89. The molecule has 2 rings (SSSR count). The molecule has 0 aliphatic carbocycles. The Balaban J connectivity index is 2.14. The van der Waals surface area contributed by atoms with Crippen LogP contribution in [0.5, 0.6) is 5.75 Å². The monoisotopic (exact) mass is 307 g/mol. The molecule has 0 atom stereocenters. The van der Waals surface area contributed by atoms with E-state index in [4.69, 9.17) is 9.84 Å². The average Bonchev–Trinajstić information content (AvgIpc) is 2.47. The molecule has 0 saturated heterocycles. The van der Waals surface area contributed by atoms with E-state index in [1.165, 1.54) is 0 Å². The van der Waals surface area contributed by atoms with Crippen LogP contribution >= 0.6 is 11.8 Å². The number of nitrogens with one attached hydrogen (secondary N) is 1. The zero-order valence-electron chi connectivity index (χ0n) is 11.2. The summed E-state index contributed by atoms with van der Waals surface area (Å²) in [5.41, 5.74) is 0.472. The number of thioether (sulfide) groups is 1. The molecule has 0 unspecified atom stereocenters. The second-order valence-corrected chi connectivity index (χ2v) is 5.11. The highest BCUT2D eigenvalue weighted by Gasteiger charge is 2.08. The first-order chi connectivity index (χ1) is 10.1. The van der Waals surface area contributed by atoms with Gasteiger partial charge in [0.15, 0.2) is 10.9 Å². The number of ether oxygens (including phenoxy) is 1. The summed E-state index contributed by atoms with van der Waals surface area (Å²) < 4.78 is 5.04. The lowest BCUT2D eigenvalue weighted by molar-refractivity contribution is -0.136. The normalized spacial score (nSPS) is 10.3. The number of aliphatic carboxylic acids is 1. The van der Waals surface area contributed by atoms with E-state index < -0.39 is 5.97 Å². The number of carbonyl (C=O) groups is 1. The predicted octanol–water partition coefficient (Wildman–Crippen LogP) is 1.41. The van der Waals surface area contributed by atoms with Crippen molar-refractivity contribution in [3.63, 3.8) is 0 Å². The van der Waals surface area contributed by atoms with Crippen LogP contribution in [-0.4, -0.2) is 39.1 Å². The second-order valence-electron chi connectivity index (χ2n) is 4.03. The fourth-order valence-corrected chi connectivity index (χ4v) is 2.29. The van der Waals surface area contributed by atoms with Crippen molar-refractivity contribution in [2.24, 2.45) is 0 Å². The van der Waals surface area contributed by atoms with Gasteiger partial charge in [-0.2, -0.15) is 0 Å². The Morgan fingerprint density at radius 1 is 1.33 bits per heavy atom. The lowest BCUT2D eigenvalue weighted by Gasteiger charge is -2.03. The van der Waals surface area contributed by atoms with E-state index in [1.807, 2.05) is 0 Å². The average molecular weight is 307 g/mol. The van der Waals surface area contributed by atoms with Crippen LogP contribution in [0.1, 0.15) is 6.42 Å². The SMILES string of the molecule is COc1ccc(-c2nnc(SCCC(=O)O)[nH]c2=O)cc1. The number of methoxy groups -OCH3 is 1. The Hall–Kier alpha value is -2.35. The largest absolute Gasteiger partial charge is 0.497 e. The number of rotatable bonds is 6. The molecule has 0 spiro atoms. The maximum Gasteiger partial charge on any atom is 0.304 e. The number of H-pyrrole nitrogens is 1. The maximum absolute atomic E-state index is 12.0. The van der Waals surface area contributed by atoms with Crippen molar-refractivity contribution in [1.29, 1.82) is 0 Å². The van der Waals surface area contributed by atoms with E-state index >= 15 is 0 Å². The van der Waals surface area contributed by atoms with Crippen molar-refractivity contribution in [3.05, 3.63) is 34.6 Å². The summed E-state index contributed by atoms with van der Waals surface area (Å²) in [5, 5.41) is 16.6. The minimum absolute atomic E-state index is 0.00535. The molecule has 7 nitrogen and oxygen atoms in total. The van der Waals surface area contributed by atoms with E-state index in [0.717, 1.165) is 11.8 Å². The first-order valence-electron chi connectivity index (χ1n) is 6.06. The number of aromatic amines is 1. The van der Waals surface area contributed by atoms with Gasteiger partial charge in [0.25, 0.3) is 5.56 Å². The summed E-state index contributed by atoms with van der Waals surface area (Å²) in [6.45, 7) is 0. The fraction of sp³-hybridized carbons (Fsp3) is 0.231. The Kier molecular flexibility index (Phi) is 4.94. The number of aromatic nitrogens is 3. The van der Waals surface area contributed by atoms with Crippen molar-refractivity contribution in [2.75, 3.05) is 12.9 Å². The number of nitrogens with zero attached hydrogens (tertiary/aromatic N) is 2. The zero-order chi connectivity index (χ0) is 15.2. The van der Waals surface area contributed by atoms with Gasteiger partial charge in [-0.15, -0.1) is 10.2 Å². The van der Waals surface area contributed by atoms with E-state index in [9.17, 15) is 9.59 Å². The summed E-state index contributed by atoms with van der Waals surface area (Å²) in [5.74, 6) is 0.110. The molecule has 0 amide bonds. The molecule has 0 aliphatic heterocycles. The van der Waals surface area contributed by atoms with Gasteiger partial charge in [-0.05, 0) is 24.3 Å². The van der Waals surface area contributed by atoms with Crippen molar-refractivity contribution < 1.29 is 14.6 Å². The standard InChI is InChI=1S/C13H13N3O4S/c1-20-9-4-2-8(3-5-9)11-12(19)14-13(16-15-11)21-7-6-10(17)18/h2-5H,6-7H2,1H3,(H,17,18)(H,14,16,19). The van der Waals surface area contributed by atoms with Crippen molar-refractivity contribution >= 4 is 17.7 Å². The van der Waals surface area contributed by atoms with Crippen LogP contribution < -0.4 is 10.3 Å². The van der Waals surface area contributed by atoms with E-state index in [-0.39, 0.29) is 17.7 Å². The predicted molar refractivity (Wildman–Crippen MR) is 77.6 cm³/mol. The van der Waals surface area contributed by atoms with Crippen molar-refractivity contribution in [3.8, 4) is 17.0 Å². The van der Waals surface area contributed by atoms with Gasteiger partial charge < -0.3 is 9.84 Å². The van der Waals surface area contributed by atoms with Gasteiger partial charge in [-0.25, -0.2) is 0 Å². The van der Waals surface area contributed by atoms with Crippen LogP contribution in [0.2, 0.25) is 0 Å². The van der Waals surface area contributed by atoms with Crippen molar-refractivity contribution in [1.82, 2.24) is 15.2 Å². The molecule has 0 fully saturated rings. The summed E-state index contributed by atoms with van der Waals surface area (Å²) in [6, 6.07) is 6.89. The summed E-state index contributed by atoms with van der Waals surface area (Å²) in [4.78, 5) is 25.0. The smallest absolute Gasteiger partial charge is 0.304 e. The van der Waals surface area contributed by atoms with E-state index in [1.54, 1.807) is 31.4 Å². The third-order valence-electron chi connectivity index (χ3n) is 2.59. The van der Waals surface area contributed by atoms with Gasteiger partial charge in [-0.3, -0.25) is 14.6 Å². The highest BCUT2D eigenvalue weighted by molar-refractivity contribution is 7.99. The lowest BCUT2D eigenvalue weighted by Crippen LogP contribution is -2.14. The van der Waals surface area contributed by atoms with Crippen LogP contribution in [-0.2, 0) is 4.79 Å².